The van der Waals surface area contributed by atoms with Crippen LogP contribution in [0.2, 0.25) is 0 Å². The van der Waals surface area contributed by atoms with E-state index in [4.69, 9.17) is 0 Å². The van der Waals surface area contributed by atoms with Gasteiger partial charge in [-0.05, 0) is 58.7 Å². The van der Waals surface area contributed by atoms with Crippen molar-refractivity contribution in [3.05, 3.63) is 90.0 Å². The number of benzene rings is 4. The van der Waals surface area contributed by atoms with Gasteiger partial charge >= 0.3 is 6.61 Å². The largest absolute Gasteiger partial charge is 0.432 e. The van der Waals surface area contributed by atoms with E-state index in [-0.39, 0.29) is 11.1 Å². The number of ether oxygens (including phenoxy) is 1. The average molecular weight is 467 g/mol. The monoisotopic (exact) mass is 466 g/mol. The van der Waals surface area contributed by atoms with Crippen LogP contribution in [0.3, 0.4) is 0 Å². The van der Waals surface area contributed by atoms with Gasteiger partial charge in [0.15, 0.2) is 11.6 Å². The standard InChI is InChI=1S/C29H26F4O/c1-2-3-4-5-6-19-7-9-20(10-8-19)21-11-14-24-22(17-21)12-15-25(28(24)31)23-13-16-27(26(30)18-23)34-29(32)33/h7-18,29H,2-6H2,1H3. The zero-order valence-corrected chi connectivity index (χ0v) is 19.0. The Balaban J connectivity index is 1.57. The maximum absolute atomic E-state index is 15.3. The van der Waals surface area contributed by atoms with E-state index in [0.29, 0.717) is 5.39 Å². The summed E-state index contributed by atoms with van der Waals surface area (Å²) >= 11 is 0. The molecule has 0 aliphatic heterocycles. The molecule has 176 valence electrons. The van der Waals surface area contributed by atoms with E-state index in [1.165, 1.54) is 37.3 Å². The lowest BCUT2D eigenvalue weighted by Gasteiger charge is -2.11. The SMILES string of the molecule is CCCCCCc1ccc(-c2ccc3c(F)c(-c4ccc(OC(F)F)c(F)c4)ccc3c2)cc1. The van der Waals surface area contributed by atoms with Crippen LogP contribution in [-0.2, 0) is 6.42 Å². The maximum atomic E-state index is 15.3. The molecule has 4 rings (SSSR count). The summed E-state index contributed by atoms with van der Waals surface area (Å²) < 4.78 is 58.3. The first-order chi connectivity index (χ1) is 16.5. The summed E-state index contributed by atoms with van der Waals surface area (Å²) in [5.74, 6) is -2.04. The van der Waals surface area contributed by atoms with E-state index in [0.717, 1.165) is 35.1 Å². The molecule has 0 aliphatic rings. The molecule has 0 aromatic heterocycles. The van der Waals surface area contributed by atoms with E-state index in [2.05, 4.69) is 35.9 Å². The summed E-state index contributed by atoms with van der Waals surface area (Å²) in [6, 6.07) is 20.8. The quantitative estimate of drug-likeness (QED) is 0.176. The predicted molar refractivity (Wildman–Crippen MR) is 129 cm³/mol. The highest BCUT2D eigenvalue weighted by molar-refractivity contribution is 5.91. The molecular formula is C29H26F4O. The first-order valence-electron chi connectivity index (χ1n) is 11.5. The van der Waals surface area contributed by atoms with Gasteiger partial charge in [-0.15, -0.1) is 0 Å². The highest BCUT2D eigenvalue weighted by Crippen LogP contribution is 2.33. The molecule has 5 heteroatoms. The number of hydrogen-bond acceptors (Lipinski definition) is 1. The van der Waals surface area contributed by atoms with E-state index in [9.17, 15) is 13.2 Å². The summed E-state index contributed by atoms with van der Waals surface area (Å²) in [5, 5.41) is 1.13. The average Bonchev–Trinajstić information content (AvgIpc) is 2.83. The van der Waals surface area contributed by atoms with Crippen molar-refractivity contribution >= 4 is 10.8 Å². The van der Waals surface area contributed by atoms with Crippen LogP contribution in [0.25, 0.3) is 33.0 Å². The lowest BCUT2D eigenvalue weighted by atomic mass is 9.96. The van der Waals surface area contributed by atoms with Gasteiger partial charge in [-0.2, -0.15) is 8.78 Å². The van der Waals surface area contributed by atoms with Crippen LogP contribution < -0.4 is 4.74 Å². The van der Waals surface area contributed by atoms with Gasteiger partial charge in [0.2, 0.25) is 0 Å². The number of fused-ring (bicyclic) bond motifs is 1. The van der Waals surface area contributed by atoms with Crippen LogP contribution in [0.4, 0.5) is 17.6 Å². The summed E-state index contributed by atoms with van der Waals surface area (Å²) in [5.41, 5.74) is 3.79. The Labute approximate surface area is 197 Å². The Bertz CT molecular complexity index is 1270. The van der Waals surface area contributed by atoms with Crippen LogP contribution in [0.5, 0.6) is 5.75 Å². The number of halogens is 4. The minimum Gasteiger partial charge on any atom is -0.432 e. The van der Waals surface area contributed by atoms with Gasteiger partial charge in [0.1, 0.15) is 5.82 Å². The van der Waals surface area contributed by atoms with Gasteiger partial charge in [0.25, 0.3) is 0 Å². The van der Waals surface area contributed by atoms with Crippen molar-refractivity contribution in [3.8, 4) is 28.0 Å². The Hall–Kier alpha value is -3.34. The minimum atomic E-state index is -3.13. The molecule has 1 nitrogen and oxygen atoms in total. The Morgan fingerprint density at radius 3 is 2.18 bits per heavy atom. The highest BCUT2D eigenvalue weighted by Gasteiger charge is 2.15. The van der Waals surface area contributed by atoms with Gasteiger partial charge in [0, 0.05) is 10.9 Å². The lowest BCUT2D eigenvalue weighted by molar-refractivity contribution is -0.0521. The van der Waals surface area contributed by atoms with E-state index < -0.39 is 24.0 Å². The second-order valence-corrected chi connectivity index (χ2v) is 8.39. The molecule has 34 heavy (non-hydrogen) atoms. The molecule has 0 amide bonds. The summed E-state index contributed by atoms with van der Waals surface area (Å²) in [6.45, 7) is -0.926. The van der Waals surface area contributed by atoms with E-state index >= 15 is 4.39 Å². The van der Waals surface area contributed by atoms with Gasteiger partial charge < -0.3 is 4.74 Å². The Morgan fingerprint density at radius 2 is 1.47 bits per heavy atom. The smallest absolute Gasteiger partial charge is 0.387 e. The fourth-order valence-electron chi connectivity index (χ4n) is 4.17. The Morgan fingerprint density at radius 1 is 0.735 bits per heavy atom. The topological polar surface area (TPSA) is 9.23 Å². The number of hydrogen-bond donors (Lipinski definition) is 0. The van der Waals surface area contributed by atoms with E-state index in [1.807, 2.05) is 12.1 Å². The maximum Gasteiger partial charge on any atom is 0.387 e. The summed E-state index contributed by atoms with van der Waals surface area (Å²) in [4.78, 5) is 0. The molecule has 0 N–H and O–H groups in total. The molecule has 0 saturated carbocycles. The van der Waals surface area contributed by atoms with Crippen molar-refractivity contribution in [3.63, 3.8) is 0 Å². The number of unbranched alkanes of at least 4 members (excludes halogenated alkanes) is 3. The number of alkyl halides is 2. The molecule has 0 saturated heterocycles. The molecule has 0 fully saturated rings. The molecule has 4 aromatic rings. The van der Waals surface area contributed by atoms with Crippen LogP contribution in [0, 0.1) is 11.6 Å². The van der Waals surface area contributed by atoms with Gasteiger partial charge in [0.05, 0.1) is 0 Å². The zero-order valence-electron chi connectivity index (χ0n) is 19.0. The van der Waals surface area contributed by atoms with Crippen molar-refractivity contribution in [2.45, 2.75) is 45.6 Å². The highest BCUT2D eigenvalue weighted by atomic mass is 19.3. The third-order valence-corrected chi connectivity index (χ3v) is 6.02. The summed E-state index contributed by atoms with van der Waals surface area (Å²) in [7, 11) is 0. The van der Waals surface area contributed by atoms with E-state index in [1.54, 1.807) is 18.2 Å². The fourth-order valence-corrected chi connectivity index (χ4v) is 4.17. The minimum absolute atomic E-state index is 0.190. The van der Waals surface area contributed by atoms with Gasteiger partial charge in [-0.3, -0.25) is 0 Å². The first-order valence-corrected chi connectivity index (χ1v) is 11.5. The van der Waals surface area contributed by atoms with Crippen molar-refractivity contribution in [1.82, 2.24) is 0 Å². The molecule has 0 heterocycles. The van der Waals surface area contributed by atoms with Gasteiger partial charge in [-0.1, -0.05) is 80.8 Å². The van der Waals surface area contributed by atoms with Gasteiger partial charge in [-0.25, -0.2) is 8.78 Å². The summed E-state index contributed by atoms with van der Waals surface area (Å²) in [6.07, 6.45) is 6.00. The molecule has 0 atom stereocenters. The Kier molecular flexibility index (Phi) is 7.51. The first kappa shape index (κ1) is 23.8. The second kappa shape index (κ2) is 10.7. The number of aryl methyl sites for hydroxylation is 1. The zero-order chi connectivity index (χ0) is 24.1. The normalized spacial score (nSPS) is 11.4. The second-order valence-electron chi connectivity index (χ2n) is 8.39. The molecule has 4 aromatic carbocycles. The van der Waals surface area contributed by atoms with Crippen LogP contribution in [0.1, 0.15) is 38.2 Å². The van der Waals surface area contributed by atoms with Crippen LogP contribution in [-0.4, -0.2) is 6.61 Å². The third kappa shape index (κ3) is 5.41. The van der Waals surface area contributed by atoms with Crippen molar-refractivity contribution in [2.24, 2.45) is 0 Å². The van der Waals surface area contributed by atoms with Crippen LogP contribution in [0.15, 0.2) is 72.8 Å². The molecular weight excluding hydrogens is 440 g/mol. The lowest BCUT2D eigenvalue weighted by Crippen LogP contribution is -2.03. The fraction of sp³-hybridized carbons (Fsp3) is 0.241. The molecule has 0 aliphatic carbocycles. The molecule has 0 bridgehead atoms. The molecule has 0 unspecified atom stereocenters. The van der Waals surface area contributed by atoms with Crippen LogP contribution >= 0.6 is 0 Å². The molecule has 0 spiro atoms. The van der Waals surface area contributed by atoms with Crippen molar-refractivity contribution < 1.29 is 22.3 Å². The van der Waals surface area contributed by atoms with Crippen molar-refractivity contribution in [1.29, 1.82) is 0 Å². The third-order valence-electron chi connectivity index (χ3n) is 6.02. The van der Waals surface area contributed by atoms with Crippen molar-refractivity contribution in [2.75, 3.05) is 0 Å². The molecule has 0 radical (unpaired) electrons. The number of rotatable bonds is 9. The predicted octanol–water partition coefficient (Wildman–Crippen LogP) is 9.18.